The molecule has 0 radical (unpaired) electrons. The predicted octanol–water partition coefficient (Wildman–Crippen LogP) is 2.36. The highest BCUT2D eigenvalue weighted by Gasteiger charge is 2.74. The number of methoxy groups -OCH3 is 1. The summed E-state index contributed by atoms with van der Waals surface area (Å²) in [5.41, 5.74) is 6.22. The molecule has 3 nitrogen and oxygen atoms in total. The second-order valence-corrected chi connectivity index (χ2v) is 5.21. The molecular weight excluding hydrogens is 250 g/mol. The predicted molar refractivity (Wildman–Crippen MR) is 77.1 cm³/mol. The molecule has 102 valence electrons. The number of carbonyl (C=O) groups excluding carboxylic acids is 1. The van der Waals surface area contributed by atoms with Gasteiger partial charge in [-0.3, -0.25) is 4.79 Å². The molecule has 0 unspecified atom stereocenters. The first-order valence-electron chi connectivity index (χ1n) is 6.63. The third-order valence-corrected chi connectivity index (χ3v) is 4.35. The van der Waals surface area contributed by atoms with Crippen LogP contribution in [0.3, 0.4) is 0 Å². The Morgan fingerprint density at radius 1 is 1.00 bits per heavy atom. The fourth-order valence-corrected chi connectivity index (χ4v) is 3.24. The summed E-state index contributed by atoms with van der Waals surface area (Å²) in [7, 11) is 1.64. The van der Waals surface area contributed by atoms with Gasteiger partial charge in [0.25, 0.3) is 0 Å². The first-order chi connectivity index (χ1) is 9.67. The maximum atomic E-state index is 12.2. The maximum absolute atomic E-state index is 12.2. The average Bonchev–Trinajstić information content (AvgIpc) is 3.21. The van der Waals surface area contributed by atoms with Crippen LogP contribution in [0, 0.1) is 0 Å². The van der Waals surface area contributed by atoms with Gasteiger partial charge in [-0.1, -0.05) is 60.7 Å². The molecule has 0 aromatic heterocycles. The van der Waals surface area contributed by atoms with Gasteiger partial charge in [0.2, 0.25) is 5.91 Å². The maximum Gasteiger partial charge on any atom is 0.231 e. The first-order valence-corrected chi connectivity index (χ1v) is 6.63. The molecule has 0 spiro atoms. The molecule has 0 aliphatic heterocycles. The van der Waals surface area contributed by atoms with E-state index in [9.17, 15) is 4.79 Å². The minimum atomic E-state index is -0.773. The van der Waals surface area contributed by atoms with E-state index in [0.29, 0.717) is 6.42 Å². The number of nitrogens with two attached hydrogens (primary N) is 1. The van der Waals surface area contributed by atoms with E-state index in [1.54, 1.807) is 7.11 Å². The van der Waals surface area contributed by atoms with Gasteiger partial charge in [-0.15, -0.1) is 0 Å². The summed E-state index contributed by atoms with van der Waals surface area (Å²) in [5, 5.41) is 0. The van der Waals surface area contributed by atoms with Crippen LogP contribution in [0.25, 0.3) is 0 Å². The van der Waals surface area contributed by atoms with E-state index >= 15 is 0 Å². The highest BCUT2D eigenvalue weighted by Crippen LogP contribution is 2.65. The van der Waals surface area contributed by atoms with E-state index in [-0.39, 0.29) is 5.91 Å². The summed E-state index contributed by atoms with van der Waals surface area (Å²) in [5.74, 6) is -0.339. The molecule has 1 aliphatic carbocycles. The molecule has 2 atom stereocenters. The lowest BCUT2D eigenvalue weighted by Gasteiger charge is -2.23. The van der Waals surface area contributed by atoms with E-state index < -0.39 is 11.0 Å². The van der Waals surface area contributed by atoms with Crippen LogP contribution >= 0.6 is 0 Å². The second kappa shape index (κ2) is 4.46. The highest BCUT2D eigenvalue weighted by molar-refractivity contribution is 5.93. The number of hydrogen-bond acceptors (Lipinski definition) is 2. The molecule has 1 amide bonds. The van der Waals surface area contributed by atoms with Crippen molar-refractivity contribution < 1.29 is 9.53 Å². The molecule has 0 heterocycles. The van der Waals surface area contributed by atoms with Gasteiger partial charge in [-0.25, -0.2) is 0 Å². The number of hydrogen-bond donors (Lipinski definition) is 1. The monoisotopic (exact) mass is 267 g/mol. The lowest BCUT2D eigenvalue weighted by Crippen LogP contribution is -2.37. The highest BCUT2D eigenvalue weighted by atomic mass is 16.5. The number of carbonyl (C=O) groups is 1. The van der Waals surface area contributed by atoms with E-state index in [1.807, 2.05) is 60.7 Å². The van der Waals surface area contributed by atoms with E-state index in [2.05, 4.69) is 0 Å². The van der Waals surface area contributed by atoms with Crippen LogP contribution in [0.5, 0.6) is 0 Å². The van der Waals surface area contributed by atoms with Crippen molar-refractivity contribution in [3.05, 3.63) is 71.8 Å². The van der Waals surface area contributed by atoms with Crippen molar-refractivity contribution in [1.29, 1.82) is 0 Å². The Morgan fingerprint density at radius 3 is 1.95 bits per heavy atom. The lowest BCUT2D eigenvalue weighted by molar-refractivity contribution is -0.123. The zero-order valence-electron chi connectivity index (χ0n) is 11.4. The van der Waals surface area contributed by atoms with Crippen molar-refractivity contribution in [2.24, 2.45) is 5.73 Å². The number of benzene rings is 2. The summed E-state index contributed by atoms with van der Waals surface area (Å²) in [6.07, 6.45) is 0.583. The third kappa shape index (κ3) is 1.53. The third-order valence-electron chi connectivity index (χ3n) is 4.35. The van der Waals surface area contributed by atoms with Crippen LogP contribution in [-0.2, 0) is 20.5 Å². The SMILES string of the molecule is CO[C@]1(c2ccccc2)C[C@]1(C(N)=O)c1ccccc1. The molecular formula is C17H17NO2. The fraction of sp³-hybridized carbons (Fsp3) is 0.235. The normalized spacial score (nSPS) is 28.1. The zero-order valence-corrected chi connectivity index (χ0v) is 11.4. The van der Waals surface area contributed by atoms with Gasteiger partial charge in [0.05, 0.1) is 0 Å². The summed E-state index contributed by atoms with van der Waals surface area (Å²) in [6, 6.07) is 19.5. The molecule has 2 aromatic carbocycles. The van der Waals surface area contributed by atoms with Crippen molar-refractivity contribution in [3.63, 3.8) is 0 Å². The van der Waals surface area contributed by atoms with Crippen LogP contribution in [0.4, 0.5) is 0 Å². The number of rotatable bonds is 4. The lowest BCUT2D eigenvalue weighted by atomic mass is 9.88. The average molecular weight is 267 g/mol. The quantitative estimate of drug-likeness (QED) is 0.924. The van der Waals surface area contributed by atoms with Gasteiger partial charge in [-0.05, 0) is 11.1 Å². The Kier molecular flexibility index (Phi) is 2.87. The van der Waals surface area contributed by atoms with Gasteiger partial charge in [0.15, 0.2) is 0 Å². The topological polar surface area (TPSA) is 52.3 Å². The molecule has 3 rings (SSSR count). The Balaban J connectivity index is 2.14. The zero-order chi connectivity index (χ0) is 14.2. The molecule has 20 heavy (non-hydrogen) atoms. The minimum absolute atomic E-state index is 0.339. The van der Waals surface area contributed by atoms with Crippen molar-refractivity contribution in [3.8, 4) is 0 Å². The molecule has 0 bridgehead atoms. The Bertz CT molecular complexity index is 626. The van der Waals surface area contributed by atoms with Crippen LogP contribution in [-0.4, -0.2) is 13.0 Å². The van der Waals surface area contributed by atoms with Crippen LogP contribution in [0.1, 0.15) is 17.5 Å². The van der Waals surface area contributed by atoms with Gasteiger partial charge in [-0.2, -0.15) is 0 Å². The molecule has 0 saturated heterocycles. The standard InChI is InChI=1S/C17H17NO2/c1-20-17(14-10-6-3-7-11-14)12-16(17,15(18)19)13-8-4-2-5-9-13/h2-11H,12H2,1H3,(H2,18,19)/t16-,17+/m1/s1. The minimum Gasteiger partial charge on any atom is -0.372 e. The van der Waals surface area contributed by atoms with Crippen LogP contribution in [0.2, 0.25) is 0 Å². The van der Waals surface area contributed by atoms with E-state index in [1.165, 1.54) is 0 Å². The summed E-state index contributed by atoms with van der Waals surface area (Å²) in [4.78, 5) is 12.2. The van der Waals surface area contributed by atoms with Gasteiger partial charge < -0.3 is 10.5 Å². The number of amides is 1. The summed E-state index contributed by atoms with van der Waals surface area (Å²) < 4.78 is 5.77. The van der Waals surface area contributed by atoms with E-state index in [0.717, 1.165) is 11.1 Å². The molecule has 1 saturated carbocycles. The number of primary amides is 1. The number of ether oxygens (including phenoxy) is 1. The first kappa shape index (κ1) is 12.9. The Morgan fingerprint density at radius 2 is 1.50 bits per heavy atom. The molecule has 3 heteroatoms. The van der Waals surface area contributed by atoms with E-state index in [4.69, 9.17) is 10.5 Å². The molecule has 2 N–H and O–H groups in total. The van der Waals surface area contributed by atoms with Gasteiger partial charge in [0, 0.05) is 13.5 Å². The summed E-state index contributed by atoms with van der Waals surface area (Å²) in [6.45, 7) is 0. The smallest absolute Gasteiger partial charge is 0.231 e. The van der Waals surface area contributed by atoms with Gasteiger partial charge >= 0.3 is 0 Å². The molecule has 2 aromatic rings. The van der Waals surface area contributed by atoms with Crippen LogP contribution in [0.15, 0.2) is 60.7 Å². The summed E-state index contributed by atoms with van der Waals surface area (Å²) >= 11 is 0. The van der Waals surface area contributed by atoms with Crippen molar-refractivity contribution in [2.75, 3.05) is 7.11 Å². The molecule has 1 aliphatic rings. The Labute approximate surface area is 118 Å². The van der Waals surface area contributed by atoms with Gasteiger partial charge in [0.1, 0.15) is 11.0 Å². The van der Waals surface area contributed by atoms with Crippen LogP contribution < -0.4 is 5.73 Å². The fourth-order valence-electron chi connectivity index (χ4n) is 3.24. The van der Waals surface area contributed by atoms with Crippen molar-refractivity contribution in [2.45, 2.75) is 17.4 Å². The Hall–Kier alpha value is -2.13. The largest absolute Gasteiger partial charge is 0.372 e. The van der Waals surface area contributed by atoms with Crippen molar-refractivity contribution in [1.82, 2.24) is 0 Å². The molecule has 1 fully saturated rings. The second-order valence-electron chi connectivity index (χ2n) is 5.21. The van der Waals surface area contributed by atoms with Crippen molar-refractivity contribution >= 4 is 5.91 Å².